The van der Waals surface area contributed by atoms with Gasteiger partial charge in [0.25, 0.3) is 0 Å². The highest BCUT2D eigenvalue weighted by Gasteiger charge is 1.91. The third-order valence-electron chi connectivity index (χ3n) is 0.909. The molecule has 0 rings (SSSR count). The molecular formula is C5H13NS. The minimum Gasteiger partial charge on any atom is -0.316 e. The van der Waals surface area contributed by atoms with E-state index in [1.165, 1.54) is 5.75 Å². The number of rotatable bonds is 3. The zero-order valence-electron chi connectivity index (χ0n) is 5.19. The van der Waals surface area contributed by atoms with Crippen molar-refractivity contribution in [3.05, 3.63) is 0 Å². The van der Waals surface area contributed by atoms with Gasteiger partial charge < -0.3 is 5.32 Å². The van der Waals surface area contributed by atoms with E-state index in [9.17, 15) is 0 Å². The van der Waals surface area contributed by atoms with Crippen molar-refractivity contribution in [2.45, 2.75) is 13.0 Å². The van der Waals surface area contributed by atoms with E-state index in [4.69, 9.17) is 0 Å². The molecule has 0 heterocycles. The minimum absolute atomic E-state index is 0.662. The Hall–Kier alpha value is 0.310. The van der Waals surface area contributed by atoms with Gasteiger partial charge in [0.15, 0.2) is 0 Å². The lowest BCUT2D eigenvalue weighted by molar-refractivity contribution is 0.678. The molecule has 0 spiro atoms. The molecule has 1 atom stereocenters. The molecule has 0 amide bonds. The molecule has 0 bridgehead atoms. The molecule has 0 saturated carbocycles. The minimum atomic E-state index is 0.662. The lowest BCUT2D eigenvalue weighted by Gasteiger charge is -2.05. The summed E-state index contributed by atoms with van der Waals surface area (Å²) >= 11 is 1.87. The van der Waals surface area contributed by atoms with Crippen molar-refractivity contribution in [2.75, 3.05) is 19.1 Å². The van der Waals surface area contributed by atoms with Gasteiger partial charge in [-0.15, -0.1) is 0 Å². The fourth-order valence-corrected chi connectivity index (χ4v) is 1.000. The van der Waals surface area contributed by atoms with Crippen LogP contribution in [0.2, 0.25) is 0 Å². The fourth-order valence-electron chi connectivity index (χ4n) is 0.333. The van der Waals surface area contributed by atoms with Crippen LogP contribution in [-0.4, -0.2) is 25.1 Å². The van der Waals surface area contributed by atoms with Crippen molar-refractivity contribution in [2.24, 2.45) is 0 Å². The first-order valence-corrected chi connectivity index (χ1v) is 3.87. The molecule has 0 radical (unpaired) electrons. The van der Waals surface area contributed by atoms with E-state index in [0.717, 1.165) is 0 Å². The summed E-state index contributed by atoms with van der Waals surface area (Å²) in [5, 5.41) is 3.14. The smallest absolute Gasteiger partial charge is 0.0126 e. The first kappa shape index (κ1) is 7.31. The molecule has 0 aromatic rings. The average molecular weight is 119 g/mol. The number of thioether (sulfide) groups is 1. The lowest BCUT2D eigenvalue weighted by atomic mass is 10.4. The number of hydrogen-bond donors (Lipinski definition) is 1. The van der Waals surface area contributed by atoms with Gasteiger partial charge in [-0.1, -0.05) is 0 Å². The van der Waals surface area contributed by atoms with Crippen LogP contribution in [0.25, 0.3) is 0 Å². The summed E-state index contributed by atoms with van der Waals surface area (Å²) in [6, 6.07) is 0.662. The van der Waals surface area contributed by atoms with Crippen molar-refractivity contribution in [1.82, 2.24) is 5.32 Å². The molecule has 0 unspecified atom stereocenters. The predicted octanol–water partition coefficient (Wildman–Crippen LogP) is 0.957. The van der Waals surface area contributed by atoms with E-state index in [2.05, 4.69) is 18.5 Å². The molecule has 2 heteroatoms. The van der Waals surface area contributed by atoms with E-state index in [-0.39, 0.29) is 0 Å². The van der Waals surface area contributed by atoms with Crippen LogP contribution in [0.1, 0.15) is 6.92 Å². The Kier molecular flexibility index (Phi) is 4.67. The van der Waals surface area contributed by atoms with Gasteiger partial charge in [-0.05, 0) is 20.2 Å². The van der Waals surface area contributed by atoms with Gasteiger partial charge in [-0.25, -0.2) is 0 Å². The third-order valence-corrected chi connectivity index (χ3v) is 1.74. The molecule has 7 heavy (non-hydrogen) atoms. The molecule has 0 aromatic heterocycles. The number of nitrogens with one attached hydrogen (secondary N) is 1. The summed E-state index contributed by atoms with van der Waals surface area (Å²) < 4.78 is 0. The highest BCUT2D eigenvalue weighted by atomic mass is 32.2. The standard InChI is InChI=1S/C5H13NS/c1-5(6-2)4-7-3/h5-6H,4H2,1-3H3/t5-/m0/s1. The molecule has 0 aliphatic carbocycles. The zero-order valence-corrected chi connectivity index (χ0v) is 6.01. The molecule has 0 aromatic carbocycles. The van der Waals surface area contributed by atoms with Gasteiger partial charge in [0.1, 0.15) is 0 Å². The molecule has 0 aliphatic rings. The predicted molar refractivity (Wildman–Crippen MR) is 36.9 cm³/mol. The second-order valence-electron chi connectivity index (χ2n) is 1.65. The monoisotopic (exact) mass is 119 g/mol. The highest BCUT2D eigenvalue weighted by molar-refractivity contribution is 7.98. The summed E-state index contributed by atoms with van der Waals surface area (Å²) in [4.78, 5) is 0. The van der Waals surface area contributed by atoms with Crippen LogP contribution in [0.15, 0.2) is 0 Å². The van der Waals surface area contributed by atoms with E-state index in [0.29, 0.717) is 6.04 Å². The SMILES string of the molecule is CN[C@@H](C)CSC. The fraction of sp³-hybridized carbons (Fsp3) is 1.00. The summed E-state index contributed by atoms with van der Waals surface area (Å²) in [6.45, 7) is 2.18. The largest absolute Gasteiger partial charge is 0.316 e. The summed E-state index contributed by atoms with van der Waals surface area (Å²) in [5.41, 5.74) is 0. The number of hydrogen-bond acceptors (Lipinski definition) is 2. The first-order valence-electron chi connectivity index (χ1n) is 2.47. The molecular weight excluding hydrogens is 106 g/mol. The maximum absolute atomic E-state index is 3.14. The Morgan fingerprint density at radius 1 is 1.71 bits per heavy atom. The molecule has 0 fully saturated rings. The first-order chi connectivity index (χ1) is 3.31. The van der Waals surface area contributed by atoms with E-state index < -0.39 is 0 Å². The summed E-state index contributed by atoms with van der Waals surface area (Å²) in [7, 11) is 1.99. The molecule has 0 saturated heterocycles. The lowest BCUT2D eigenvalue weighted by Crippen LogP contribution is -2.23. The highest BCUT2D eigenvalue weighted by Crippen LogP contribution is 1.93. The van der Waals surface area contributed by atoms with Crippen molar-refractivity contribution < 1.29 is 0 Å². The second-order valence-corrected chi connectivity index (χ2v) is 2.56. The van der Waals surface area contributed by atoms with Crippen LogP contribution in [0.5, 0.6) is 0 Å². The molecule has 0 aliphatic heterocycles. The van der Waals surface area contributed by atoms with Crippen LogP contribution in [0.4, 0.5) is 0 Å². The summed E-state index contributed by atoms with van der Waals surface area (Å²) in [5.74, 6) is 1.20. The van der Waals surface area contributed by atoms with Gasteiger partial charge in [-0.2, -0.15) is 11.8 Å². The molecule has 44 valence electrons. The van der Waals surface area contributed by atoms with Gasteiger partial charge in [0.2, 0.25) is 0 Å². The van der Waals surface area contributed by atoms with Crippen molar-refractivity contribution in [1.29, 1.82) is 0 Å². The molecule has 1 nitrogen and oxygen atoms in total. The third kappa shape index (κ3) is 4.16. The Bertz CT molecular complexity index is 39.1. The Morgan fingerprint density at radius 2 is 2.29 bits per heavy atom. The van der Waals surface area contributed by atoms with Crippen LogP contribution in [-0.2, 0) is 0 Å². The van der Waals surface area contributed by atoms with Crippen molar-refractivity contribution in [3.8, 4) is 0 Å². The van der Waals surface area contributed by atoms with Crippen LogP contribution >= 0.6 is 11.8 Å². The average Bonchev–Trinajstić information content (AvgIpc) is 1.68. The summed E-state index contributed by atoms with van der Waals surface area (Å²) in [6.07, 6.45) is 2.12. The second kappa shape index (κ2) is 4.47. The van der Waals surface area contributed by atoms with E-state index >= 15 is 0 Å². The Labute approximate surface area is 49.9 Å². The van der Waals surface area contributed by atoms with Gasteiger partial charge in [0, 0.05) is 11.8 Å². The van der Waals surface area contributed by atoms with Crippen molar-refractivity contribution in [3.63, 3.8) is 0 Å². The van der Waals surface area contributed by atoms with Crippen LogP contribution in [0.3, 0.4) is 0 Å². The van der Waals surface area contributed by atoms with Gasteiger partial charge in [0.05, 0.1) is 0 Å². The maximum atomic E-state index is 3.14. The Morgan fingerprint density at radius 3 is 2.43 bits per heavy atom. The Balaban J connectivity index is 2.83. The zero-order chi connectivity index (χ0) is 5.70. The van der Waals surface area contributed by atoms with Crippen LogP contribution in [0, 0.1) is 0 Å². The maximum Gasteiger partial charge on any atom is 0.0126 e. The van der Waals surface area contributed by atoms with Gasteiger partial charge in [-0.3, -0.25) is 0 Å². The normalized spacial score (nSPS) is 14.1. The van der Waals surface area contributed by atoms with E-state index in [1.54, 1.807) is 0 Å². The topological polar surface area (TPSA) is 12.0 Å². The molecule has 1 N–H and O–H groups in total. The van der Waals surface area contributed by atoms with Crippen LogP contribution < -0.4 is 5.32 Å². The quantitative estimate of drug-likeness (QED) is 0.594. The van der Waals surface area contributed by atoms with Crippen molar-refractivity contribution >= 4 is 11.8 Å². The van der Waals surface area contributed by atoms with Gasteiger partial charge >= 0.3 is 0 Å². The van der Waals surface area contributed by atoms with E-state index in [1.807, 2.05) is 18.8 Å².